The lowest BCUT2D eigenvalue weighted by atomic mass is 9.92. The largest absolute Gasteiger partial charge is 0.356 e. The van der Waals surface area contributed by atoms with E-state index in [9.17, 15) is 13.6 Å². The Bertz CT molecular complexity index is 810. The molecule has 2 atom stereocenters. The highest BCUT2D eigenvalue weighted by Crippen LogP contribution is 2.27. The van der Waals surface area contributed by atoms with Crippen LogP contribution in [0.15, 0.2) is 35.6 Å². The van der Waals surface area contributed by atoms with Gasteiger partial charge in [0.25, 0.3) is 0 Å². The van der Waals surface area contributed by atoms with Gasteiger partial charge in [0.05, 0.1) is 11.4 Å². The molecule has 27 heavy (non-hydrogen) atoms. The molecule has 1 aromatic heterocycles. The van der Waals surface area contributed by atoms with Crippen LogP contribution in [0, 0.1) is 23.5 Å². The molecule has 2 aromatic rings. The Hall–Kier alpha value is -2.22. The van der Waals surface area contributed by atoms with Crippen molar-refractivity contribution >= 4 is 29.2 Å². The van der Waals surface area contributed by atoms with Gasteiger partial charge in [-0.3, -0.25) is 4.79 Å². The molecule has 1 saturated heterocycles. The Morgan fingerprint density at radius 1 is 1.22 bits per heavy atom. The molecule has 1 aromatic carbocycles. The molecule has 1 N–H and O–H groups in total. The molecule has 2 heterocycles. The Morgan fingerprint density at radius 2 is 1.96 bits per heavy atom. The molecule has 0 aliphatic carbocycles. The van der Waals surface area contributed by atoms with E-state index in [-0.39, 0.29) is 11.4 Å². The number of benzene rings is 1. The topological polar surface area (TPSA) is 58.1 Å². The van der Waals surface area contributed by atoms with Crippen molar-refractivity contribution < 1.29 is 13.6 Å². The van der Waals surface area contributed by atoms with E-state index in [1.165, 1.54) is 24.5 Å². The summed E-state index contributed by atoms with van der Waals surface area (Å²) in [5.41, 5.74) is -0.166. The van der Waals surface area contributed by atoms with Crippen molar-refractivity contribution in [3.05, 3.63) is 42.2 Å². The Labute approximate surface area is 161 Å². The molecule has 1 aliphatic heterocycles. The fraction of sp³-hybridized carbons (Fsp3) is 0.421. The SMILES string of the molecule is C[C@@H]1C[C@@H](C)CN(c2cc(SCC(=O)Nc3cc(F)ccc3F)ncn2)C1. The quantitative estimate of drug-likeness (QED) is 0.616. The zero-order valence-corrected chi connectivity index (χ0v) is 16.1. The van der Waals surface area contributed by atoms with Crippen molar-refractivity contribution in [1.82, 2.24) is 9.97 Å². The average molecular weight is 392 g/mol. The third kappa shape index (κ3) is 5.38. The summed E-state index contributed by atoms with van der Waals surface area (Å²) in [4.78, 5) is 22.8. The summed E-state index contributed by atoms with van der Waals surface area (Å²) in [5.74, 6) is 0.391. The van der Waals surface area contributed by atoms with E-state index >= 15 is 0 Å². The maximum absolute atomic E-state index is 13.6. The average Bonchev–Trinajstić information content (AvgIpc) is 2.62. The summed E-state index contributed by atoms with van der Waals surface area (Å²) < 4.78 is 26.8. The third-order valence-electron chi connectivity index (χ3n) is 4.37. The standard InChI is InChI=1S/C19H22F2N4OS/c1-12-5-13(2)9-25(8-12)17-7-19(23-11-22-17)27-10-18(26)24-16-6-14(20)3-4-15(16)21/h3-4,6-7,11-13H,5,8-10H2,1-2H3,(H,24,26)/t12-,13-/m1/s1. The minimum absolute atomic E-state index is 0.0409. The molecule has 144 valence electrons. The van der Waals surface area contributed by atoms with Gasteiger partial charge >= 0.3 is 0 Å². The molecule has 1 fully saturated rings. The van der Waals surface area contributed by atoms with Crippen LogP contribution < -0.4 is 10.2 Å². The number of anilines is 2. The fourth-order valence-corrected chi connectivity index (χ4v) is 4.01. The Kier molecular flexibility index (Phi) is 6.26. The number of carbonyl (C=O) groups is 1. The number of nitrogens with zero attached hydrogens (tertiary/aromatic N) is 3. The van der Waals surface area contributed by atoms with Gasteiger partial charge in [0.15, 0.2) is 0 Å². The van der Waals surface area contributed by atoms with Crippen LogP contribution >= 0.6 is 11.8 Å². The lowest BCUT2D eigenvalue weighted by Gasteiger charge is -2.35. The van der Waals surface area contributed by atoms with Crippen molar-refractivity contribution in [1.29, 1.82) is 0 Å². The molecule has 0 saturated carbocycles. The van der Waals surface area contributed by atoms with Crippen molar-refractivity contribution in [3.63, 3.8) is 0 Å². The fourth-order valence-electron chi connectivity index (χ4n) is 3.35. The van der Waals surface area contributed by atoms with Gasteiger partial charge in [-0.25, -0.2) is 18.7 Å². The van der Waals surface area contributed by atoms with Crippen molar-refractivity contribution in [2.45, 2.75) is 25.3 Å². The number of aromatic nitrogens is 2. The van der Waals surface area contributed by atoms with Crippen LogP contribution in [0.3, 0.4) is 0 Å². The van der Waals surface area contributed by atoms with Gasteiger partial charge in [-0.1, -0.05) is 25.6 Å². The summed E-state index contributed by atoms with van der Waals surface area (Å²) in [7, 11) is 0. The number of carbonyl (C=O) groups excluding carboxylic acids is 1. The van der Waals surface area contributed by atoms with Crippen LogP contribution in [0.25, 0.3) is 0 Å². The van der Waals surface area contributed by atoms with Crippen LogP contribution in [0.1, 0.15) is 20.3 Å². The monoisotopic (exact) mass is 392 g/mol. The lowest BCUT2D eigenvalue weighted by Crippen LogP contribution is -2.39. The van der Waals surface area contributed by atoms with Gasteiger partial charge in [-0.05, 0) is 30.4 Å². The van der Waals surface area contributed by atoms with E-state index < -0.39 is 17.5 Å². The molecule has 0 unspecified atom stereocenters. The zero-order chi connectivity index (χ0) is 19.4. The second-order valence-corrected chi connectivity index (χ2v) is 8.02. The lowest BCUT2D eigenvalue weighted by molar-refractivity contribution is -0.113. The van der Waals surface area contributed by atoms with Crippen molar-refractivity contribution in [3.8, 4) is 0 Å². The van der Waals surface area contributed by atoms with E-state index in [4.69, 9.17) is 0 Å². The van der Waals surface area contributed by atoms with Gasteiger partial charge < -0.3 is 10.2 Å². The second-order valence-electron chi connectivity index (χ2n) is 7.03. The van der Waals surface area contributed by atoms with Gasteiger partial charge in [-0.15, -0.1) is 0 Å². The van der Waals surface area contributed by atoms with Crippen LogP contribution in [-0.2, 0) is 4.79 Å². The van der Waals surface area contributed by atoms with Crippen LogP contribution in [0.5, 0.6) is 0 Å². The molecule has 0 bridgehead atoms. The summed E-state index contributed by atoms with van der Waals surface area (Å²) in [5, 5.41) is 3.05. The predicted molar refractivity (Wildman–Crippen MR) is 103 cm³/mol. The van der Waals surface area contributed by atoms with Crippen LogP contribution in [0.4, 0.5) is 20.3 Å². The highest BCUT2D eigenvalue weighted by Gasteiger charge is 2.23. The summed E-state index contributed by atoms with van der Waals surface area (Å²) in [6.45, 7) is 6.36. The second kappa shape index (κ2) is 8.65. The number of hydrogen-bond donors (Lipinski definition) is 1. The van der Waals surface area contributed by atoms with Gasteiger partial charge in [0.2, 0.25) is 5.91 Å². The molecule has 1 aliphatic rings. The smallest absolute Gasteiger partial charge is 0.234 e. The van der Waals surface area contributed by atoms with Crippen LogP contribution in [0.2, 0.25) is 0 Å². The van der Waals surface area contributed by atoms with Crippen molar-refractivity contribution in [2.75, 3.05) is 29.1 Å². The molecule has 0 radical (unpaired) electrons. The number of hydrogen-bond acceptors (Lipinski definition) is 5. The van der Waals surface area contributed by atoms with E-state index in [0.717, 1.165) is 37.1 Å². The number of halogens is 2. The van der Waals surface area contributed by atoms with Gasteiger partial charge in [-0.2, -0.15) is 0 Å². The van der Waals surface area contributed by atoms with Crippen molar-refractivity contribution in [2.24, 2.45) is 11.8 Å². The molecule has 0 spiro atoms. The predicted octanol–water partition coefficient (Wildman–Crippen LogP) is 3.97. The Balaban J connectivity index is 1.59. The number of amides is 1. The highest BCUT2D eigenvalue weighted by molar-refractivity contribution is 7.99. The maximum atomic E-state index is 13.6. The third-order valence-corrected chi connectivity index (χ3v) is 5.30. The molecule has 8 heteroatoms. The number of nitrogens with one attached hydrogen (secondary N) is 1. The highest BCUT2D eigenvalue weighted by atomic mass is 32.2. The molecule has 3 rings (SSSR count). The molecular formula is C19H22F2N4OS. The van der Waals surface area contributed by atoms with Gasteiger partial charge in [0.1, 0.15) is 28.8 Å². The first kappa shape index (κ1) is 19.5. The van der Waals surface area contributed by atoms with E-state index in [1.54, 1.807) is 0 Å². The number of piperidine rings is 1. The normalized spacial score (nSPS) is 19.8. The van der Waals surface area contributed by atoms with Crippen LogP contribution in [-0.4, -0.2) is 34.7 Å². The first-order chi connectivity index (χ1) is 12.9. The van der Waals surface area contributed by atoms with E-state index in [0.29, 0.717) is 16.9 Å². The molecule has 5 nitrogen and oxygen atoms in total. The summed E-state index contributed by atoms with van der Waals surface area (Å²) >= 11 is 1.23. The summed E-state index contributed by atoms with van der Waals surface area (Å²) in [6, 6.07) is 4.81. The van der Waals surface area contributed by atoms with Gasteiger partial charge in [0, 0.05) is 25.2 Å². The molecular weight excluding hydrogens is 370 g/mol. The first-order valence-corrected chi connectivity index (χ1v) is 9.84. The number of thioether (sulfide) groups is 1. The maximum Gasteiger partial charge on any atom is 0.234 e. The van der Waals surface area contributed by atoms with E-state index in [2.05, 4.69) is 34.0 Å². The molecule has 1 amide bonds. The minimum Gasteiger partial charge on any atom is -0.356 e. The number of rotatable bonds is 5. The summed E-state index contributed by atoms with van der Waals surface area (Å²) in [6.07, 6.45) is 2.70. The van der Waals surface area contributed by atoms with E-state index in [1.807, 2.05) is 6.07 Å². The zero-order valence-electron chi connectivity index (χ0n) is 15.3. The Morgan fingerprint density at radius 3 is 2.70 bits per heavy atom. The first-order valence-electron chi connectivity index (χ1n) is 8.85. The minimum atomic E-state index is -0.674.